The molecule has 0 radical (unpaired) electrons. The van der Waals surface area contributed by atoms with Crippen LogP contribution in [-0.4, -0.2) is 5.54 Å². The van der Waals surface area contributed by atoms with Crippen LogP contribution in [0.1, 0.15) is 39.2 Å². The molecule has 0 saturated heterocycles. The highest BCUT2D eigenvalue weighted by Crippen LogP contribution is 2.30. The van der Waals surface area contributed by atoms with Crippen molar-refractivity contribution in [3.8, 4) is 0 Å². The molecule has 0 aliphatic heterocycles. The largest absolute Gasteiger partial charge is 0.416 e. The first-order valence-corrected chi connectivity index (χ1v) is 5.70. The minimum atomic E-state index is -4.27. The Hall–Kier alpha value is -1.19. The van der Waals surface area contributed by atoms with Gasteiger partial charge in [-0.05, 0) is 44.5 Å². The molecule has 1 nitrogen and oxygen atoms in total. The van der Waals surface area contributed by atoms with Gasteiger partial charge in [0.25, 0.3) is 0 Å². The van der Waals surface area contributed by atoms with Crippen LogP contribution in [0.25, 0.3) is 0 Å². The first-order chi connectivity index (χ1) is 7.74. The summed E-state index contributed by atoms with van der Waals surface area (Å²) in [5.74, 6) is 0. The highest BCUT2D eigenvalue weighted by atomic mass is 19.4. The number of hydrogen-bond donors (Lipinski definition) is 1. The SMILES string of the molecule is CCCC(C)(C)Nc1ccc(C(F)(F)F)cc1. The summed E-state index contributed by atoms with van der Waals surface area (Å²) in [5, 5.41) is 3.23. The Morgan fingerprint density at radius 3 is 2.00 bits per heavy atom. The van der Waals surface area contributed by atoms with Gasteiger partial charge in [0.05, 0.1) is 5.56 Å². The molecule has 0 aliphatic carbocycles. The van der Waals surface area contributed by atoms with E-state index in [2.05, 4.69) is 12.2 Å². The molecular weight excluding hydrogens is 227 g/mol. The monoisotopic (exact) mass is 245 g/mol. The lowest BCUT2D eigenvalue weighted by Gasteiger charge is -2.27. The molecule has 4 heteroatoms. The fourth-order valence-corrected chi connectivity index (χ4v) is 1.82. The fraction of sp³-hybridized carbons (Fsp3) is 0.538. The maximum absolute atomic E-state index is 12.4. The predicted octanol–water partition coefficient (Wildman–Crippen LogP) is 4.70. The van der Waals surface area contributed by atoms with Crippen molar-refractivity contribution in [2.45, 2.75) is 45.3 Å². The number of alkyl halides is 3. The van der Waals surface area contributed by atoms with E-state index in [0.717, 1.165) is 30.7 Å². The Kier molecular flexibility index (Phi) is 4.07. The van der Waals surface area contributed by atoms with Gasteiger partial charge in [-0.25, -0.2) is 0 Å². The van der Waals surface area contributed by atoms with Gasteiger partial charge in [0.2, 0.25) is 0 Å². The molecule has 0 fully saturated rings. The fourth-order valence-electron chi connectivity index (χ4n) is 1.82. The number of nitrogens with one attached hydrogen (secondary N) is 1. The highest BCUT2D eigenvalue weighted by Gasteiger charge is 2.30. The van der Waals surface area contributed by atoms with Crippen LogP contribution in [0, 0.1) is 0 Å². The molecule has 0 bridgehead atoms. The third-order valence-electron chi connectivity index (χ3n) is 2.57. The van der Waals surface area contributed by atoms with E-state index in [1.54, 1.807) is 0 Å². The van der Waals surface area contributed by atoms with Gasteiger partial charge in [-0.1, -0.05) is 13.3 Å². The molecule has 0 aromatic heterocycles. The summed E-state index contributed by atoms with van der Waals surface area (Å²) in [5.41, 5.74) is 0.00176. The van der Waals surface area contributed by atoms with Crippen LogP contribution in [0.2, 0.25) is 0 Å². The lowest BCUT2D eigenvalue weighted by molar-refractivity contribution is -0.137. The van der Waals surface area contributed by atoms with E-state index in [-0.39, 0.29) is 5.54 Å². The number of anilines is 1. The van der Waals surface area contributed by atoms with E-state index in [1.807, 2.05) is 13.8 Å². The van der Waals surface area contributed by atoms with Crippen molar-refractivity contribution in [2.75, 3.05) is 5.32 Å². The van der Waals surface area contributed by atoms with Crippen LogP contribution < -0.4 is 5.32 Å². The highest BCUT2D eigenvalue weighted by molar-refractivity contribution is 5.47. The molecule has 1 aromatic carbocycles. The minimum Gasteiger partial charge on any atom is -0.380 e. The summed E-state index contributed by atoms with van der Waals surface area (Å²) in [6, 6.07) is 5.15. The number of rotatable bonds is 4. The molecule has 17 heavy (non-hydrogen) atoms. The maximum Gasteiger partial charge on any atom is 0.416 e. The van der Waals surface area contributed by atoms with E-state index in [1.165, 1.54) is 12.1 Å². The molecule has 1 N–H and O–H groups in total. The smallest absolute Gasteiger partial charge is 0.380 e. The van der Waals surface area contributed by atoms with Gasteiger partial charge in [0.15, 0.2) is 0 Å². The summed E-state index contributed by atoms with van der Waals surface area (Å²) in [7, 11) is 0. The molecule has 0 heterocycles. The summed E-state index contributed by atoms with van der Waals surface area (Å²) in [6.45, 7) is 6.15. The Bertz CT molecular complexity index is 352. The van der Waals surface area contributed by atoms with Gasteiger partial charge in [-0.2, -0.15) is 13.2 Å². The van der Waals surface area contributed by atoms with Crippen LogP contribution in [0.4, 0.5) is 18.9 Å². The van der Waals surface area contributed by atoms with Gasteiger partial charge in [-0.15, -0.1) is 0 Å². The average Bonchev–Trinajstić information content (AvgIpc) is 2.16. The molecule has 1 aromatic rings. The van der Waals surface area contributed by atoms with Gasteiger partial charge < -0.3 is 5.32 Å². The van der Waals surface area contributed by atoms with Crippen molar-refractivity contribution in [3.05, 3.63) is 29.8 Å². The van der Waals surface area contributed by atoms with Crippen LogP contribution in [-0.2, 0) is 6.18 Å². The zero-order valence-electron chi connectivity index (χ0n) is 10.4. The first kappa shape index (κ1) is 13.9. The van der Waals surface area contributed by atoms with Crippen molar-refractivity contribution in [1.82, 2.24) is 0 Å². The molecule has 0 atom stereocenters. The van der Waals surface area contributed by atoms with Crippen molar-refractivity contribution >= 4 is 5.69 Å². The molecule has 96 valence electrons. The molecule has 0 amide bonds. The maximum atomic E-state index is 12.4. The van der Waals surface area contributed by atoms with E-state index < -0.39 is 11.7 Å². The van der Waals surface area contributed by atoms with E-state index >= 15 is 0 Å². The van der Waals surface area contributed by atoms with E-state index in [9.17, 15) is 13.2 Å². The lowest BCUT2D eigenvalue weighted by Crippen LogP contribution is -2.30. The molecule has 0 spiro atoms. The summed E-state index contributed by atoms with van der Waals surface area (Å²) in [4.78, 5) is 0. The first-order valence-electron chi connectivity index (χ1n) is 5.70. The number of benzene rings is 1. The quantitative estimate of drug-likeness (QED) is 0.811. The summed E-state index contributed by atoms with van der Waals surface area (Å²) in [6.07, 6.45) is -2.27. The normalized spacial score (nSPS) is 12.6. The van der Waals surface area contributed by atoms with E-state index in [0.29, 0.717) is 0 Å². The zero-order chi connectivity index (χ0) is 13.1. The second kappa shape index (κ2) is 4.98. The third kappa shape index (κ3) is 4.29. The van der Waals surface area contributed by atoms with Gasteiger partial charge in [0, 0.05) is 11.2 Å². The second-order valence-corrected chi connectivity index (χ2v) is 4.83. The van der Waals surface area contributed by atoms with Gasteiger partial charge >= 0.3 is 6.18 Å². The third-order valence-corrected chi connectivity index (χ3v) is 2.57. The summed E-state index contributed by atoms with van der Waals surface area (Å²) >= 11 is 0. The van der Waals surface area contributed by atoms with Crippen molar-refractivity contribution in [1.29, 1.82) is 0 Å². The number of halogens is 3. The molecule has 0 unspecified atom stereocenters. The van der Waals surface area contributed by atoms with Crippen LogP contribution in [0.15, 0.2) is 24.3 Å². The average molecular weight is 245 g/mol. The zero-order valence-corrected chi connectivity index (χ0v) is 10.4. The topological polar surface area (TPSA) is 12.0 Å². The molecule has 0 saturated carbocycles. The Balaban J connectivity index is 2.75. The van der Waals surface area contributed by atoms with Gasteiger partial charge in [-0.3, -0.25) is 0 Å². The number of hydrogen-bond acceptors (Lipinski definition) is 1. The predicted molar refractivity (Wildman–Crippen MR) is 64.1 cm³/mol. The molecule has 1 rings (SSSR count). The Labute approximate surface area is 100 Å². The second-order valence-electron chi connectivity index (χ2n) is 4.83. The van der Waals surface area contributed by atoms with Crippen molar-refractivity contribution in [3.63, 3.8) is 0 Å². The minimum absolute atomic E-state index is 0.103. The van der Waals surface area contributed by atoms with Crippen LogP contribution >= 0.6 is 0 Å². The molecule has 0 aliphatic rings. The van der Waals surface area contributed by atoms with Crippen molar-refractivity contribution in [2.24, 2.45) is 0 Å². The Morgan fingerprint density at radius 2 is 1.59 bits per heavy atom. The Morgan fingerprint density at radius 1 is 1.06 bits per heavy atom. The lowest BCUT2D eigenvalue weighted by atomic mass is 9.98. The molecular formula is C13H18F3N. The van der Waals surface area contributed by atoms with Crippen molar-refractivity contribution < 1.29 is 13.2 Å². The van der Waals surface area contributed by atoms with Crippen LogP contribution in [0.3, 0.4) is 0 Å². The standard InChI is InChI=1S/C13H18F3N/c1-4-9-12(2,3)17-11-7-5-10(6-8-11)13(14,15)16/h5-8,17H,4,9H2,1-3H3. The van der Waals surface area contributed by atoms with Gasteiger partial charge in [0.1, 0.15) is 0 Å². The van der Waals surface area contributed by atoms with E-state index in [4.69, 9.17) is 0 Å². The summed E-state index contributed by atoms with van der Waals surface area (Å²) < 4.78 is 37.1. The van der Waals surface area contributed by atoms with Crippen LogP contribution in [0.5, 0.6) is 0 Å².